The van der Waals surface area contributed by atoms with Crippen LogP contribution in [0.3, 0.4) is 0 Å². The number of piperazine rings is 1. The quantitative estimate of drug-likeness (QED) is 0.681. The van der Waals surface area contributed by atoms with E-state index in [2.05, 4.69) is 24.8 Å². The van der Waals surface area contributed by atoms with E-state index in [1.807, 2.05) is 25.1 Å². The summed E-state index contributed by atoms with van der Waals surface area (Å²) in [7, 11) is 4.53. The summed E-state index contributed by atoms with van der Waals surface area (Å²) >= 11 is 0. The van der Waals surface area contributed by atoms with Gasteiger partial charge in [-0.3, -0.25) is 9.78 Å². The largest absolute Gasteiger partial charge is 0.493 e. The fourth-order valence-electron chi connectivity index (χ4n) is 3.76. The number of nitrogens with one attached hydrogen (secondary N) is 1. The molecule has 9 nitrogen and oxygen atoms in total. The normalized spacial score (nSPS) is 14.1. The highest BCUT2D eigenvalue weighted by Gasteiger charge is 2.23. The van der Waals surface area contributed by atoms with Crippen LogP contribution in [0.2, 0.25) is 0 Å². The lowest BCUT2D eigenvalue weighted by molar-refractivity contribution is 0.327. The van der Waals surface area contributed by atoms with E-state index in [4.69, 9.17) is 14.2 Å². The van der Waals surface area contributed by atoms with Crippen molar-refractivity contribution >= 4 is 22.7 Å². The van der Waals surface area contributed by atoms with Gasteiger partial charge in [-0.2, -0.15) is 0 Å². The highest BCUT2D eigenvalue weighted by molar-refractivity contribution is 5.90. The summed E-state index contributed by atoms with van der Waals surface area (Å²) < 4.78 is 16.2. The number of aromatic nitrogens is 3. The molecule has 2 aromatic heterocycles. The fourth-order valence-corrected chi connectivity index (χ4v) is 3.76. The van der Waals surface area contributed by atoms with Crippen LogP contribution in [0.5, 0.6) is 17.2 Å². The van der Waals surface area contributed by atoms with Gasteiger partial charge in [-0.1, -0.05) is 6.07 Å². The Bertz CT molecular complexity index is 1120. The first-order valence-corrected chi connectivity index (χ1v) is 9.72. The van der Waals surface area contributed by atoms with Gasteiger partial charge in [0.05, 0.1) is 26.8 Å². The first-order valence-electron chi connectivity index (χ1n) is 9.72. The predicted octanol–water partition coefficient (Wildman–Crippen LogP) is 1.98. The van der Waals surface area contributed by atoms with Gasteiger partial charge in [0.2, 0.25) is 11.7 Å². The van der Waals surface area contributed by atoms with Gasteiger partial charge in [0.15, 0.2) is 11.5 Å². The minimum Gasteiger partial charge on any atom is -0.493 e. The molecular weight excluding hydrogens is 386 g/mol. The Morgan fingerprint density at radius 3 is 2.27 bits per heavy atom. The topological polar surface area (TPSA) is 92.8 Å². The van der Waals surface area contributed by atoms with E-state index < -0.39 is 0 Å². The number of benzene rings is 1. The van der Waals surface area contributed by atoms with Crippen LogP contribution in [0.4, 0.5) is 11.8 Å². The second kappa shape index (κ2) is 8.10. The van der Waals surface area contributed by atoms with Gasteiger partial charge >= 0.3 is 0 Å². The minimum atomic E-state index is -0.282. The summed E-state index contributed by atoms with van der Waals surface area (Å²) in [6, 6.07) is 7.72. The van der Waals surface area contributed by atoms with Gasteiger partial charge in [-0.05, 0) is 19.1 Å². The first kappa shape index (κ1) is 19.8. The molecule has 158 valence electrons. The zero-order valence-corrected chi connectivity index (χ0v) is 17.6. The molecule has 0 saturated carbocycles. The Morgan fingerprint density at radius 1 is 0.933 bits per heavy atom. The third-order valence-electron chi connectivity index (χ3n) is 5.26. The molecule has 0 amide bonds. The number of aromatic amines is 1. The molecular formula is C21H25N5O4. The minimum absolute atomic E-state index is 0.282. The summed E-state index contributed by atoms with van der Waals surface area (Å²) in [5.74, 6) is 2.63. The SMILES string of the molecule is COc1cc2nc(N3CCN(c4cccc(C)n4)CC3)[nH]c(=O)c2c(OC)c1OC. The second-order valence-corrected chi connectivity index (χ2v) is 7.04. The number of hydrogen-bond donors (Lipinski definition) is 1. The molecule has 0 bridgehead atoms. The van der Waals surface area contributed by atoms with E-state index in [1.165, 1.54) is 21.3 Å². The van der Waals surface area contributed by atoms with Crippen molar-refractivity contribution in [3.8, 4) is 17.2 Å². The molecule has 1 N–H and O–H groups in total. The standard InChI is InChI=1S/C21H25N5O4/c1-13-6-5-7-16(22-13)25-8-10-26(11-9-25)21-23-14-12-15(28-2)18(29-3)19(30-4)17(14)20(27)24-21/h5-7,12H,8-11H2,1-4H3,(H,23,24,27). The van der Waals surface area contributed by atoms with Crippen molar-refractivity contribution in [1.29, 1.82) is 0 Å². The number of fused-ring (bicyclic) bond motifs is 1. The number of pyridine rings is 1. The van der Waals surface area contributed by atoms with Gasteiger partial charge in [-0.15, -0.1) is 0 Å². The zero-order chi connectivity index (χ0) is 21.3. The molecule has 1 aliphatic heterocycles. The van der Waals surface area contributed by atoms with Crippen LogP contribution in [0.1, 0.15) is 5.69 Å². The van der Waals surface area contributed by atoms with Crippen molar-refractivity contribution in [1.82, 2.24) is 15.0 Å². The molecule has 3 heterocycles. The average molecular weight is 411 g/mol. The van der Waals surface area contributed by atoms with Crippen molar-refractivity contribution in [2.24, 2.45) is 0 Å². The van der Waals surface area contributed by atoms with Gasteiger partial charge in [0.25, 0.3) is 5.56 Å². The number of ether oxygens (including phenoxy) is 3. The zero-order valence-electron chi connectivity index (χ0n) is 17.6. The molecule has 4 rings (SSSR count). The van der Waals surface area contributed by atoms with Gasteiger partial charge in [0, 0.05) is 37.9 Å². The molecule has 1 aliphatic rings. The van der Waals surface area contributed by atoms with E-state index in [9.17, 15) is 4.79 Å². The Labute approximate surface area is 174 Å². The first-order chi connectivity index (χ1) is 14.5. The van der Waals surface area contributed by atoms with E-state index >= 15 is 0 Å². The molecule has 1 aromatic carbocycles. The summed E-state index contributed by atoms with van der Waals surface area (Å²) in [5, 5.41) is 0.335. The number of methoxy groups -OCH3 is 3. The molecule has 0 radical (unpaired) electrons. The Kier molecular flexibility index (Phi) is 5.35. The highest BCUT2D eigenvalue weighted by atomic mass is 16.5. The molecule has 0 unspecified atom stereocenters. The lowest BCUT2D eigenvalue weighted by Crippen LogP contribution is -2.47. The summed E-state index contributed by atoms with van der Waals surface area (Å²) in [5.41, 5.74) is 1.20. The van der Waals surface area contributed by atoms with Crippen molar-refractivity contribution in [3.63, 3.8) is 0 Å². The van der Waals surface area contributed by atoms with Gasteiger partial charge < -0.3 is 24.0 Å². The Morgan fingerprint density at radius 2 is 1.63 bits per heavy atom. The van der Waals surface area contributed by atoms with Crippen LogP contribution in [0.15, 0.2) is 29.1 Å². The van der Waals surface area contributed by atoms with Crippen LogP contribution in [0.25, 0.3) is 10.9 Å². The van der Waals surface area contributed by atoms with E-state index in [-0.39, 0.29) is 5.56 Å². The number of H-pyrrole nitrogens is 1. The lowest BCUT2D eigenvalue weighted by atomic mass is 10.2. The van der Waals surface area contributed by atoms with E-state index in [0.717, 1.165) is 24.6 Å². The number of hydrogen-bond acceptors (Lipinski definition) is 8. The van der Waals surface area contributed by atoms with Crippen LogP contribution >= 0.6 is 0 Å². The smallest absolute Gasteiger partial charge is 0.264 e. The van der Waals surface area contributed by atoms with Crippen LogP contribution < -0.4 is 29.6 Å². The van der Waals surface area contributed by atoms with Crippen LogP contribution in [-0.4, -0.2) is 62.5 Å². The lowest BCUT2D eigenvalue weighted by Gasteiger charge is -2.35. The molecule has 30 heavy (non-hydrogen) atoms. The average Bonchev–Trinajstić information content (AvgIpc) is 2.77. The van der Waals surface area contributed by atoms with Crippen molar-refractivity contribution in [3.05, 3.63) is 40.3 Å². The van der Waals surface area contributed by atoms with E-state index in [0.29, 0.717) is 47.2 Å². The Hall–Kier alpha value is -3.49. The molecule has 9 heteroatoms. The second-order valence-electron chi connectivity index (χ2n) is 7.04. The molecule has 0 spiro atoms. The Balaban J connectivity index is 1.65. The molecule has 3 aromatic rings. The molecule has 1 saturated heterocycles. The molecule has 0 atom stereocenters. The van der Waals surface area contributed by atoms with Crippen LogP contribution in [-0.2, 0) is 0 Å². The van der Waals surface area contributed by atoms with Crippen LogP contribution in [0, 0.1) is 6.92 Å². The summed E-state index contributed by atoms with van der Waals surface area (Å²) in [6.45, 7) is 4.99. The summed E-state index contributed by atoms with van der Waals surface area (Å²) in [6.07, 6.45) is 0. The van der Waals surface area contributed by atoms with Gasteiger partial charge in [-0.25, -0.2) is 9.97 Å². The van der Waals surface area contributed by atoms with Crippen molar-refractivity contribution < 1.29 is 14.2 Å². The van der Waals surface area contributed by atoms with E-state index in [1.54, 1.807) is 6.07 Å². The maximum atomic E-state index is 12.9. The van der Waals surface area contributed by atoms with Crippen molar-refractivity contribution in [2.75, 3.05) is 57.3 Å². The number of aryl methyl sites for hydroxylation is 1. The summed E-state index contributed by atoms with van der Waals surface area (Å²) in [4.78, 5) is 29.4. The fraction of sp³-hybridized carbons (Fsp3) is 0.381. The third-order valence-corrected chi connectivity index (χ3v) is 5.26. The molecule has 1 fully saturated rings. The maximum Gasteiger partial charge on any atom is 0.264 e. The monoisotopic (exact) mass is 411 g/mol. The number of nitrogens with zero attached hydrogens (tertiary/aromatic N) is 4. The third kappa shape index (κ3) is 3.47. The maximum absolute atomic E-state index is 12.9. The number of rotatable bonds is 5. The van der Waals surface area contributed by atoms with Crippen molar-refractivity contribution in [2.45, 2.75) is 6.92 Å². The van der Waals surface area contributed by atoms with Gasteiger partial charge in [0.1, 0.15) is 11.2 Å². The molecule has 0 aliphatic carbocycles. The highest BCUT2D eigenvalue weighted by Crippen LogP contribution is 2.41. The number of anilines is 2. The predicted molar refractivity (Wildman–Crippen MR) is 115 cm³/mol.